The SMILES string of the molecule is CCCn1c(C(=O)C(C)c2ccccc2Cl)cnc1CC/C=C/C(=O)/C=C/CNCCC#N. The second-order valence-electron chi connectivity index (χ2n) is 7.68. The molecule has 1 aromatic heterocycles. The lowest BCUT2D eigenvalue weighted by Crippen LogP contribution is -2.17. The molecule has 2 rings (SSSR count). The van der Waals surface area contributed by atoms with Crippen molar-refractivity contribution in [2.24, 2.45) is 0 Å². The number of aromatic nitrogens is 2. The van der Waals surface area contributed by atoms with Gasteiger partial charge in [-0.1, -0.05) is 55.8 Å². The number of nitrogens with zero attached hydrogens (tertiary/aromatic N) is 3. The molecule has 1 aromatic carbocycles. The Bertz CT molecular complexity index is 1030. The van der Waals surface area contributed by atoms with Gasteiger partial charge in [0.1, 0.15) is 11.5 Å². The summed E-state index contributed by atoms with van der Waals surface area (Å²) in [7, 11) is 0. The number of hydrogen-bond acceptors (Lipinski definition) is 5. The average molecular weight is 467 g/mol. The van der Waals surface area contributed by atoms with E-state index < -0.39 is 0 Å². The zero-order valence-corrected chi connectivity index (χ0v) is 20.0. The van der Waals surface area contributed by atoms with Crippen LogP contribution in [0.2, 0.25) is 5.02 Å². The van der Waals surface area contributed by atoms with Crippen molar-refractivity contribution in [1.82, 2.24) is 14.9 Å². The summed E-state index contributed by atoms with van der Waals surface area (Å²) in [5.74, 6) is 0.381. The number of ketones is 2. The van der Waals surface area contributed by atoms with E-state index in [9.17, 15) is 9.59 Å². The predicted octanol–water partition coefficient (Wildman–Crippen LogP) is 5.05. The molecule has 1 atom stereocenters. The molecule has 174 valence electrons. The summed E-state index contributed by atoms with van der Waals surface area (Å²) in [6.07, 6.45) is 10.9. The first-order valence-corrected chi connectivity index (χ1v) is 11.6. The number of rotatable bonds is 14. The van der Waals surface area contributed by atoms with E-state index in [0.717, 1.165) is 17.8 Å². The molecule has 0 saturated carbocycles. The van der Waals surface area contributed by atoms with Gasteiger partial charge < -0.3 is 9.88 Å². The van der Waals surface area contributed by atoms with Gasteiger partial charge in [-0.2, -0.15) is 5.26 Å². The minimum absolute atomic E-state index is 0.00506. The van der Waals surface area contributed by atoms with Crippen LogP contribution in [0, 0.1) is 11.3 Å². The number of hydrogen-bond donors (Lipinski definition) is 1. The lowest BCUT2D eigenvalue weighted by molar-refractivity contribution is -0.110. The van der Waals surface area contributed by atoms with Crippen LogP contribution in [0.3, 0.4) is 0 Å². The van der Waals surface area contributed by atoms with E-state index in [1.165, 1.54) is 6.08 Å². The standard InChI is InChI=1S/C26H31ClN4O2/c1-3-18-31-24(26(33)20(2)22-12-5-6-13-23(22)27)19-30-25(31)14-7-4-10-21(32)11-8-16-29-17-9-15-28/h4-6,8,10-13,19-20,29H,3,7,9,14,16-18H2,1-2H3/b10-4+,11-8+. The number of halogens is 1. The summed E-state index contributed by atoms with van der Waals surface area (Å²) in [5, 5.41) is 12.1. The van der Waals surface area contributed by atoms with Gasteiger partial charge in [-0.3, -0.25) is 9.59 Å². The van der Waals surface area contributed by atoms with Gasteiger partial charge in [0.15, 0.2) is 11.6 Å². The average Bonchev–Trinajstić information content (AvgIpc) is 3.21. The Kier molecular flexibility index (Phi) is 11.3. The molecule has 6 nitrogen and oxygen atoms in total. The minimum atomic E-state index is -0.363. The fourth-order valence-corrected chi connectivity index (χ4v) is 3.74. The molecule has 0 spiro atoms. The second-order valence-corrected chi connectivity index (χ2v) is 8.08. The minimum Gasteiger partial charge on any atom is -0.326 e. The molecule has 7 heteroatoms. The fourth-order valence-electron chi connectivity index (χ4n) is 3.44. The first-order chi connectivity index (χ1) is 16.0. The van der Waals surface area contributed by atoms with Gasteiger partial charge >= 0.3 is 0 Å². The van der Waals surface area contributed by atoms with Crippen molar-refractivity contribution >= 4 is 23.2 Å². The highest BCUT2D eigenvalue weighted by atomic mass is 35.5. The number of nitrogens with one attached hydrogen (secondary N) is 1. The molecule has 1 N–H and O–H groups in total. The quantitative estimate of drug-likeness (QED) is 0.239. The van der Waals surface area contributed by atoms with Crippen LogP contribution in [0.4, 0.5) is 0 Å². The zero-order valence-electron chi connectivity index (χ0n) is 19.3. The molecule has 0 fully saturated rings. The third kappa shape index (κ3) is 8.12. The topological polar surface area (TPSA) is 87.8 Å². The second kappa shape index (κ2) is 14.2. The Balaban J connectivity index is 1.97. The van der Waals surface area contributed by atoms with Crippen LogP contribution in [0.5, 0.6) is 0 Å². The molecule has 1 heterocycles. The summed E-state index contributed by atoms with van der Waals surface area (Å²) < 4.78 is 1.98. The van der Waals surface area contributed by atoms with Crippen molar-refractivity contribution in [2.45, 2.75) is 52.0 Å². The van der Waals surface area contributed by atoms with Crippen LogP contribution in [-0.4, -0.2) is 34.2 Å². The first-order valence-electron chi connectivity index (χ1n) is 11.3. The molecule has 0 radical (unpaired) electrons. The molecular weight excluding hydrogens is 436 g/mol. The molecular formula is C26H31ClN4O2. The van der Waals surface area contributed by atoms with Crippen LogP contribution >= 0.6 is 11.6 Å². The first kappa shape index (κ1) is 26.2. The van der Waals surface area contributed by atoms with Gasteiger partial charge in [0, 0.05) is 43.4 Å². The van der Waals surface area contributed by atoms with E-state index in [1.807, 2.05) is 35.8 Å². The molecule has 2 aromatic rings. The van der Waals surface area contributed by atoms with E-state index in [1.54, 1.807) is 24.4 Å². The summed E-state index contributed by atoms with van der Waals surface area (Å²) in [6.45, 7) is 5.80. The van der Waals surface area contributed by atoms with Gasteiger partial charge in [0.05, 0.1) is 12.3 Å². The maximum absolute atomic E-state index is 13.2. The highest BCUT2D eigenvalue weighted by Crippen LogP contribution is 2.27. The lowest BCUT2D eigenvalue weighted by atomic mass is 9.95. The third-order valence-corrected chi connectivity index (χ3v) is 5.52. The summed E-state index contributed by atoms with van der Waals surface area (Å²) in [4.78, 5) is 29.6. The van der Waals surface area contributed by atoms with Crippen molar-refractivity contribution in [3.8, 4) is 6.07 Å². The number of allylic oxidation sites excluding steroid dienone is 3. The number of carbonyl (C=O) groups is 2. The molecule has 0 amide bonds. The maximum atomic E-state index is 13.2. The smallest absolute Gasteiger partial charge is 0.188 e. The van der Waals surface area contributed by atoms with Crippen LogP contribution in [0.25, 0.3) is 0 Å². The molecule has 0 aliphatic carbocycles. The van der Waals surface area contributed by atoms with E-state index >= 15 is 0 Å². The normalized spacial score (nSPS) is 12.3. The third-order valence-electron chi connectivity index (χ3n) is 5.18. The maximum Gasteiger partial charge on any atom is 0.188 e. The zero-order chi connectivity index (χ0) is 24.1. The number of aryl methyl sites for hydroxylation is 1. The number of benzene rings is 1. The van der Waals surface area contributed by atoms with E-state index in [2.05, 4.69) is 23.3 Å². The van der Waals surface area contributed by atoms with Crippen molar-refractivity contribution in [2.75, 3.05) is 13.1 Å². The van der Waals surface area contributed by atoms with Crippen molar-refractivity contribution < 1.29 is 9.59 Å². The lowest BCUT2D eigenvalue weighted by Gasteiger charge is -2.15. The Hall–Kier alpha value is -3.01. The van der Waals surface area contributed by atoms with Crippen molar-refractivity contribution in [3.05, 3.63) is 76.9 Å². The fraction of sp³-hybridized carbons (Fsp3) is 0.385. The van der Waals surface area contributed by atoms with Crippen LogP contribution in [0.1, 0.15) is 60.9 Å². The summed E-state index contributed by atoms with van der Waals surface area (Å²) in [6, 6.07) is 9.46. The Morgan fingerprint density at radius 2 is 2.03 bits per heavy atom. The van der Waals surface area contributed by atoms with Gasteiger partial charge in [-0.05, 0) is 36.6 Å². The molecule has 0 saturated heterocycles. The molecule has 0 aliphatic rings. The Morgan fingerprint density at radius 1 is 1.27 bits per heavy atom. The number of Topliss-reactive ketones (excluding diaryl/α,β-unsaturated/α-hetero) is 1. The Morgan fingerprint density at radius 3 is 2.76 bits per heavy atom. The van der Waals surface area contributed by atoms with Crippen LogP contribution in [0.15, 0.2) is 54.8 Å². The summed E-state index contributed by atoms with van der Waals surface area (Å²) in [5.41, 5.74) is 1.40. The van der Waals surface area contributed by atoms with Crippen molar-refractivity contribution in [1.29, 1.82) is 5.26 Å². The van der Waals surface area contributed by atoms with E-state index in [-0.39, 0.29) is 17.5 Å². The van der Waals surface area contributed by atoms with Gasteiger partial charge in [-0.15, -0.1) is 0 Å². The number of carbonyl (C=O) groups excluding carboxylic acids is 2. The van der Waals surface area contributed by atoms with Crippen LogP contribution < -0.4 is 5.32 Å². The van der Waals surface area contributed by atoms with Crippen LogP contribution in [-0.2, 0) is 17.8 Å². The monoisotopic (exact) mass is 466 g/mol. The van der Waals surface area contributed by atoms with Gasteiger partial charge in [0.25, 0.3) is 0 Å². The van der Waals surface area contributed by atoms with E-state index in [0.29, 0.717) is 49.6 Å². The molecule has 0 aliphatic heterocycles. The molecule has 0 bridgehead atoms. The highest BCUT2D eigenvalue weighted by molar-refractivity contribution is 6.31. The van der Waals surface area contributed by atoms with Gasteiger partial charge in [0.2, 0.25) is 0 Å². The van der Waals surface area contributed by atoms with E-state index in [4.69, 9.17) is 16.9 Å². The predicted molar refractivity (Wildman–Crippen MR) is 131 cm³/mol. The highest BCUT2D eigenvalue weighted by Gasteiger charge is 2.23. The van der Waals surface area contributed by atoms with Gasteiger partial charge in [-0.25, -0.2) is 4.98 Å². The van der Waals surface area contributed by atoms with Crippen molar-refractivity contribution in [3.63, 3.8) is 0 Å². The summed E-state index contributed by atoms with van der Waals surface area (Å²) >= 11 is 6.30. The largest absolute Gasteiger partial charge is 0.326 e. The Labute approximate surface area is 201 Å². The number of nitriles is 1. The molecule has 33 heavy (non-hydrogen) atoms. The number of imidazole rings is 1. The molecule has 1 unspecified atom stereocenters.